The summed E-state index contributed by atoms with van der Waals surface area (Å²) < 4.78 is 43.6. The molecule has 1 atom stereocenters. The number of aliphatic hydroxyl groups is 1. The van der Waals surface area contributed by atoms with Gasteiger partial charge in [-0.3, -0.25) is 0 Å². The maximum atomic E-state index is 13.4. The van der Waals surface area contributed by atoms with Gasteiger partial charge in [-0.2, -0.15) is 0 Å². The van der Waals surface area contributed by atoms with E-state index in [9.17, 15) is 23.1 Å². The molecule has 0 aliphatic rings. The second kappa shape index (κ2) is 5.37. The molecule has 0 aliphatic carbocycles. The zero-order valence-corrected chi connectivity index (χ0v) is 9.39. The fraction of sp³-hybridized carbons (Fsp3) is 0.300. The molecule has 7 heteroatoms. The number of esters is 1. The van der Waals surface area contributed by atoms with Crippen LogP contribution in [0.15, 0.2) is 6.07 Å². The molecule has 0 radical (unpaired) electrons. The summed E-state index contributed by atoms with van der Waals surface area (Å²) in [6.07, 6.45) is -2.05. The van der Waals surface area contributed by atoms with Gasteiger partial charge in [-0.05, 0) is 13.0 Å². The van der Waals surface area contributed by atoms with Crippen LogP contribution in [0.4, 0.5) is 13.2 Å². The maximum Gasteiger partial charge on any atom is 0.339 e. The molecule has 0 heterocycles. The van der Waals surface area contributed by atoms with Crippen LogP contribution in [-0.2, 0) is 9.53 Å². The van der Waals surface area contributed by atoms with E-state index >= 15 is 0 Å². The SMILES string of the molecule is CCOC(=O)C(O)c1cc(F)c(F)c(Cl)c1F. The van der Waals surface area contributed by atoms with Gasteiger partial charge in [-0.25, -0.2) is 18.0 Å². The van der Waals surface area contributed by atoms with Gasteiger partial charge in [0.2, 0.25) is 0 Å². The van der Waals surface area contributed by atoms with Crippen LogP contribution in [0.25, 0.3) is 0 Å². The average molecular weight is 269 g/mol. The van der Waals surface area contributed by atoms with Crippen LogP contribution in [0, 0.1) is 17.5 Å². The minimum atomic E-state index is -2.05. The van der Waals surface area contributed by atoms with Gasteiger partial charge in [-0.15, -0.1) is 0 Å². The van der Waals surface area contributed by atoms with Gasteiger partial charge in [0, 0.05) is 5.56 Å². The largest absolute Gasteiger partial charge is 0.464 e. The lowest BCUT2D eigenvalue weighted by molar-refractivity contribution is -0.153. The minimum absolute atomic E-state index is 0.0467. The lowest BCUT2D eigenvalue weighted by Crippen LogP contribution is -2.17. The summed E-state index contributed by atoms with van der Waals surface area (Å²) in [6.45, 7) is 1.42. The highest BCUT2D eigenvalue weighted by molar-refractivity contribution is 6.31. The van der Waals surface area contributed by atoms with Crippen LogP contribution >= 0.6 is 11.6 Å². The molecule has 0 saturated heterocycles. The highest BCUT2D eigenvalue weighted by atomic mass is 35.5. The molecule has 0 saturated carbocycles. The number of benzene rings is 1. The first-order valence-corrected chi connectivity index (χ1v) is 4.95. The summed E-state index contributed by atoms with van der Waals surface area (Å²) in [5.41, 5.74) is -0.771. The van der Waals surface area contributed by atoms with Crippen LogP contribution in [-0.4, -0.2) is 17.7 Å². The van der Waals surface area contributed by atoms with Crippen LogP contribution in [0.1, 0.15) is 18.6 Å². The molecular weight excluding hydrogens is 261 g/mol. The molecule has 1 N–H and O–H groups in total. The third-order valence-electron chi connectivity index (χ3n) is 1.94. The predicted octanol–water partition coefficient (Wildman–Crippen LogP) is 2.35. The summed E-state index contributed by atoms with van der Waals surface area (Å²) in [6, 6.07) is 0.359. The standard InChI is InChI=1S/C10H8ClF3O3/c1-2-17-10(16)9(15)4-3-5(12)8(14)6(11)7(4)13/h3,9,15H,2H2,1H3. The fourth-order valence-corrected chi connectivity index (χ4v) is 1.34. The van der Waals surface area contributed by atoms with Gasteiger partial charge in [-0.1, -0.05) is 11.6 Å². The van der Waals surface area contributed by atoms with Crippen molar-refractivity contribution in [2.24, 2.45) is 0 Å². The third kappa shape index (κ3) is 2.70. The quantitative estimate of drug-likeness (QED) is 0.520. The highest BCUT2D eigenvalue weighted by Gasteiger charge is 2.27. The number of carbonyl (C=O) groups is 1. The monoisotopic (exact) mass is 268 g/mol. The maximum absolute atomic E-state index is 13.4. The summed E-state index contributed by atoms with van der Waals surface area (Å²) in [7, 11) is 0. The number of carbonyl (C=O) groups excluding carboxylic acids is 1. The normalized spacial score (nSPS) is 12.4. The Balaban J connectivity index is 3.19. The summed E-state index contributed by atoms with van der Waals surface area (Å²) in [5, 5.41) is 8.26. The average Bonchev–Trinajstić information content (AvgIpc) is 2.30. The van der Waals surface area contributed by atoms with Crippen LogP contribution in [0.2, 0.25) is 5.02 Å². The summed E-state index contributed by atoms with van der Waals surface area (Å²) in [4.78, 5) is 11.1. The molecule has 17 heavy (non-hydrogen) atoms. The number of ether oxygens (including phenoxy) is 1. The Morgan fingerprint density at radius 3 is 2.59 bits per heavy atom. The molecule has 94 valence electrons. The van der Waals surface area contributed by atoms with Crippen molar-refractivity contribution < 1.29 is 27.8 Å². The highest BCUT2D eigenvalue weighted by Crippen LogP contribution is 2.28. The zero-order chi connectivity index (χ0) is 13.2. The van der Waals surface area contributed by atoms with Crippen molar-refractivity contribution in [3.05, 3.63) is 34.1 Å². The molecule has 1 unspecified atom stereocenters. The molecular formula is C10H8ClF3O3. The smallest absolute Gasteiger partial charge is 0.339 e. The van der Waals surface area contributed by atoms with E-state index in [4.69, 9.17) is 11.6 Å². The topological polar surface area (TPSA) is 46.5 Å². The van der Waals surface area contributed by atoms with E-state index in [2.05, 4.69) is 4.74 Å². The molecule has 1 rings (SSSR count). The fourth-order valence-electron chi connectivity index (χ4n) is 1.14. The Kier molecular flexibility index (Phi) is 4.36. The van der Waals surface area contributed by atoms with Crippen molar-refractivity contribution in [1.29, 1.82) is 0 Å². The van der Waals surface area contributed by atoms with E-state index in [1.165, 1.54) is 6.92 Å². The second-order valence-corrected chi connectivity index (χ2v) is 3.42. The van der Waals surface area contributed by atoms with Crippen LogP contribution < -0.4 is 0 Å². The number of halogens is 4. The second-order valence-electron chi connectivity index (χ2n) is 3.04. The van der Waals surface area contributed by atoms with Gasteiger partial charge in [0.25, 0.3) is 0 Å². The van der Waals surface area contributed by atoms with E-state index in [1.54, 1.807) is 0 Å². The van der Waals surface area contributed by atoms with E-state index in [0.717, 1.165) is 0 Å². The number of hydrogen-bond donors (Lipinski definition) is 1. The first-order chi connectivity index (χ1) is 7.90. The minimum Gasteiger partial charge on any atom is -0.464 e. The number of rotatable bonds is 3. The van der Waals surface area contributed by atoms with Gasteiger partial charge in [0.1, 0.15) is 5.02 Å². The van der Waals surface area contributed by atoms with E-state index in [-0.39, 0.29) is 6.61 Å². The van der Waals surface area contributed by atoms with Crippen molar-refractivity contribution in [1.82, 2.24) is 0 Å². The van der Waals surface area contributed by atoms with Crippen molar-refractivity contribution in [2.45, 2.75) is 13.0 Å². The molecule has 1 aromatic rings. The van der Waals surface area contributed by atoms with Crippen molar-refractivity contribution in [3.8, 4) is 0 Å². The Labute approximate surface area is 99.8 Å². The van der Waals surface area contributed by atoms with Crippen molar-refractivity contribution in [3.63, 3.8) is 0 Å². The van der Waals surface area contributed by atoms with E-state index in [1.807, 2.05) is 0 Å². The number of hydrogen-bond acceptors (Lipinski definition) is 3. The van der Waals surface area contributed by atoms with E-state index < -0.39 is 40.1 Å². The van der Waals surface area contributed by atoms with Crippen LogP contribution in [0.5, 0.6) is 0 Å². The lowest BCUT2D eigenvalue weighted by atomic mass is 10.1. The van der Waals surface area contributed by atoms with Gasteiger partial charge in [0.15, 0.2) is 23.6 Å². The molecule has 0 aliphatic heterocycles. The molecule has 0 bridgehead atoms. The summed E-state index contributed by atoms with van der Waals surface area (Å²) >= 11 is 5.16. The first-order valence-electron chi connectivity index (χ1n) is 4.57. The Morgan fingerprint density at radius 1 is 1.47 bits per heavy atom. The Bertz CT molecular complexity index is 451. The van der Waals surface area contributed by atoms with Gasteiger partial charge in [0.05, 0.1) is 6.61 Å². The van der Waals surface area contributed by atoms with Crippen molar-refractivity contribution >= 4 is 17.6 Å². The molecule has 1 aromatic carbocycles. The predicted molar refractivity (Wildman–Crippen MR) is 52.9 cm³/mol. The molecule has 0 spiro atoms. The molecule has 0 amide bonds. The molecule has 3 nitrogen and oxygen atoms in total. The molecule has 0 fully saturated rings. The first kappa shape index (κ1) is 13.8. The third-order valence-corrected chi connectivity index (χ3v) is 2.27. The van der Waals surface area contributed by atoms with Crippen LogP contribution in [0.3, 0.4) is 0 Å². The Morgan fingerprint density at radius 2 is 2.06 bits per heavy atom. The lowest BCUT2D eigenvalue weighted by Gasteiger charge is -2.12. The van der Waals surface area contributed by atoms with Gasteiger partial charge >= 0.3 is 5.97 Å². The van der Waals surface area contributed by atoms with Gasteiger partial charge < -0.3 is 9.84 Å². The Hall–Kier alpha value is -1.27. The molecule has 0 aromatic heterocycles. The van der Waals surface area contributed by atoms with E-state index in [0.29, 0.717) is 6.07 Å². The van der Waals surface area contributed by atoms with Crippen molar-refractivity contribution in [2.75, 3.05) is 6.61 Å². The number of aliphatic hydroxyl groups excluding tert-OH is 1. The zero-order valence-electron chi connectivity index (χ0n) is 8.64. The summed E-state index contributed by atoms with van der Waals surface area (Å²) in [5.74, 6) is -5.61.